The number of fused-ring (bicyclic) bond motifs is 1. The topological polar surface area (TPSA) is 76.5 Å². The summed E-state index contributed by atoms with van der Waals surface area (Å²) in [4.78, 5) is 17.3. The van der Waals surface area contributed by atoms with E-state index in [2.05, 4.69) is 20.4 Å². The van der Waals surface area contributed by atoms with E-state index in [4.69, 9.17) is 11.6 Å². The summed E-state index contributed by atoms with van der Waals surface area (Å²) < 4.78 is 0. The Bertz CT molecular complexity index is 1150. The first-order chi connectivity index (χ1) is 12.5. The number of benzene rings is 2. The number of H-pyrrole nitrogens is 1. The molecule has 2 aromatic heterocycles. The number of pyridine rings is 1. The summed E-state index contributed by atoms with van der Waals surface area (Å²) in [6.07, 6.45) is 0. The highest BCUT2D eigenvalue weighted by molar-refractivity contribution is 6.31. The molecule has 0 atom stereocenters. The molecule has 4 aromatic rings. The van der Waals surface area contributed by atoms with E-state index < -0.39 is 0 Å². The minimum Gasteiger partial charge on any atom is -0.321 e. The Balaban J connectivity index is 2.11. The largest absolute Gasteiger partial charge is 0.321 e. The number of hydrogen-bond donors (Lipinski definition) is 1. The van der Waals surface area contributed by atoms with Gasteiger partial charge in [-0.2, -0.15) is 4.80 Å². The predicted octanol–water partition coefficient (Wildman–Crippen LogP) is 4.08. The van der Waals surface area contributed by atoms with Gasteiger partial charge in [0.2, 0.25) is 5.82 Å². The Morgan fingerprint density at radius 1 is 1.08 bits per heavy atom. The zero-order valence-electron chi connectivity index (χ0n) is 14.3. The fourth-order valence-corrected chi connectivity index (χ4v) is 3.10. The highest BCUT2D eigenvalue weighted by Crippen LogP contribution is 2.34. The van der Waals surface area contributed by atoms with Gasteiger partial charge in [-0.15, -0.1) is 10.2 Å². The molecule has 130 valence electrons. The first-order valence-corrected chi connectivity index (χ1v) is 8.63. The summed E-state index contributed by atoms with van der Waals surface area (Å²) >= 11 is 6.22. The fraction of sp³-hybridized carbons (Fsp3) is 0.158. The maximum atomic E-state index is 12.9. The van der Waals surface area contributed by atoms with Crippen LogP contribution in [0.1, 0.15) is 19.9 Å². The van der Waals surface area contributed by atoms with Crippen molar-refractivity contribution in [2.24, 2.45) is 0 Å². The van der Waals surface area contributed by atoms with Gasteiger partial charge in [-0.3, -0.25) is 4.79 Å². The van der Waals surface area contributed by atoms with Crippen LogP contribution in [0, 0.1) is 0 Å². The van der Waals surface area contributed by atoms with Crippen LogP contribution in [-0.4, -0.2) is 25.2 Å². The minimum atomic E-state index is -0.262. The molecule has 2 aromatic carbocycles. The fourth-order valence-electron chi connectivity index (χ4n) is 2.93. The lowest BCUT2D eigenvalue weighted by molar-refractivity contribution is 0.455. The lowest BCUT2D eigenvalue weighted by Crippen LogP contribution is -2.12. The molecule has 0 aliphatic rings. The maximum Gasteiger partial charge on any atom is 0.260 e. The summed E-state index contributed by atoms with van der Waals surface area (Å²) in [6, 6.07) is 15.1. The maximum absolute atomic E-state index is 12.9. The molecule has 0 amide bonds. The van der Waals surface area contributed by atoms with Crippen LogP contribution in [0.5, 0.6) is 0 Å². The molecule has 0 fully saturated rings. The van der Waals surface area contributed by atoms with E-state index in [1.807, 2.05) is 50.2 Å². The molecule has 0 spiro atoms. The van der Waals surface area contributed by atoms with Crippen LogP contribution in [0.4, 0.5) is 0 Å². The molecule has 7 heteroatoms. The van der Waals surface area contributed by atoms with Crippen molar-refractivity contribution in [3.63, 3.8) is 0 Å². The first kappa shape index (κ1) is 16.5. The number of aromatic nitrogens is 5. The lowest BCUT2D eigenvalue weighted by Gasteiger charge is -2.11. The zero-order valence-corrected chi connectivity index (χ0v) is 15.0. The van der Waals surface area contributed by atoms with Crippen molar-refractivity contribution in [2.45, 2.75) is 19.9 Å². The van der Waals surface area contributed by atoms with E-state index in [9.17, 15) is 4.79 Å². The van der Waals surface area contributed by atoms with Crippen molar-refractivity contribution in [1.29, 1.82) is 0 Å². The molecule has 26 heavy (non-hydrogen) atoms. The van der Waals surface area contributed by atoms with Gasteiger partial charge in [0.15, 0.2) is 0 Å². The predicted molar refractivity (Wildman–Crippen MR) is 102 cm³/mol. The Hall–Kier alpha value is -2.99. The van der Waals surface area contributed by atoms with Crippen LogP contribution < -0.4 is 5.56 Å². The zero-order chi connectivity index (χ0) is 18.3. The van der Waals surface area contributed by atoms with Gasteiger partial charge in [-0.25, -0.2) is 0 Å². The summed E-state index contributed by atoms with van der Waals surface area (Å²) in [5, 5.41) is 14.0. The van der Waals surface area contributed by atoms with Crippen LogP contribution >= 0.6 is 11.6 Å². The SMILES string of the molecule is CC(C)n1nnc(-c2c(-c3ccccc3)c3cc(Cl)ccc3[nH]c2=O)n1. The van der Waals surface area contributed by atoms with Crippen molar-refractivity contribution in [3.8, 4) is 22.5 Å². The normalized spacial score (nSPS) is 11.4. The van der Waals surface area contributed by atoms with Crippen LogP contribution in [0.2, 0.25) is 5.02 Å². The number of nitrogens with one attached hydrogen (secondary N) is 1. The molecule has 0 bridgehead atoms. The highest BCUT2D eigenvalue weighted by atomic mass is 35.5. The molecule has 0 aliphatic carbocycles. The molecule has 4 rings (SSSR count). The minimum absolute atomic E-state index is 0.0467. The molecule has 1 N–H and O–H groups in total. The van der Waals surface area contributed by atoms with E-state index in [1.54, 1.807) is 12.1 Å². The number of aromatic amines is 1. The van der Waals surface area contributed by atoms with E-state index in [0.29, 0.717) is 21.9 Å². The van der Waals surface area contributed by atoms with Gasteiger partial charge >= 0.3 is 0 Å². The lowest BCUT2D eigenvalue weighted by atomic mass is 9.96. The van der Waals surface area contributed by atoms with Crippen LogP contribution in [0.25, 0.3) is 33.4 Å². The number of nitrogens with zero attached hydrogens (tertiary/aromatic N) is 4. The van der Waals surface area contributed by atoms with Gasteiger partial charge in [0.25, 0.3) is 5.56 Å². The molecule has 0 saturated carbocycles. The highest BCUT2D eigenvalue weighted by Gasteiger charge is 2.20. The van der Waals surface area contributed by atoms with Gasteiger partial charge in [0.1, 0.15) is 0 Å². The van der Waals surface area contributed by atoms with Gasteiger partial charge in [0, 0.05) is 21.5 Å². The quantitative estimate of drug-likeness (QED) is 0.593. The molecular formula is C19H16ClN5O. The van der Waals surface area contributed by atoms with Crippen molar-refractivity contribution in [2.75, 3.05) is 0 Å². The van der Waals surface area contributed by atoms with Crippen LogP contribution in [-0.2, 0) is 0 Å². The average molecular weight is 366 g/mol. The second-order valence-electron chi connectivity index (χ2n) is 6.29. The van der Waals surface area contributed by atoms with Crippen LogP contribution in [0.3, 0.4) is 0 Å². The first-order valence-electron chi connectivity index (χ1n) is 8.25. The van der Waals surface area contributed by atoms with Crippen LogP contribution in [0.15, 0.2) is 53.3 Å². The van der Waals surface area contributed by atoms with E-state index >= 15 is 0 Å². The van der Waals surface area contributed by atoms with E-state index in [1.165, 1.54) is 4.80 Å². The van der Waals surface area contributed by atoms with Crippen molar-refractivity contribution in [1.82, 2.24) is 25.2 Å². The molecular weight excluding hydrogens is 350 g/mol. The monoisotopic (exact) mass is 365 g/mol. The van der Waals surface area contributed by atoms with Crippen molar-refractivity contribution in [3.05, 3.63) is 63.9 Å². The molecule has 0 radical (unpaired) electrons. The van der Waals surface area contributed by atoms with Gasteiger partial charge < -0.3 is 4.98 Å². The number of rotatable bonds is 3. The van der Waals surface area contributed by atoms with Crippen molar-refractivity contribution < 1.29 is 0 Å². The average Bonchev–Trinajstić information content (AvgIpc) is 3.12. The molecule has 2 heterocycles. The molecule has 0 saturated heterocycles. The third-order valence-corrected chi connectivity index (χ3v) is 4.39. The standard InChI is InChI=1S/C19H16ClN5O/c1-11(2)25-23-18(22-24-25)17-16(12-6-4-3-5-7-12)14-10-13(20)8-9-15(14)21-19(17)26/h3-11H,1-2H3,(H,21,26). The Morgan fingerprint density at radius 2 is 1.85 bits per heavy atom. The summed E-state index contributed by atoms with van der Waals surface area (Å²) in [5.41, 5.74) is 2.47. The second-order valence-corrected chi connectivity index (χ2v) is 6.72. The number of halogens is 1. The molecule has 6 nitrogen and oxygen atoms in total. The van der Waals surface area contributed by atoms with Gasteiger partial charge in [0.05, 0.1) is 11.6 Å². The Morgan fingerprint density at radius 3 is 2.54 bits per heavy atom. The smallest absolute Gasteiger partial charge is 0.260 e. The van der Waals surface area contributed by atoms with E-state index in [0.717, 1.165) is 16.5 Å². The Labute approximate surface area is 154 Å². The third kappa shape index (κ3) is 2.78. The number of hydrogen-bond acceptors (Lipinski definition) is 4. The summed E-state index contributed by atoms with van der Waals surface area (Å²) in [7, 11) is 0. The molecule has 0 unspecified atom stereocenters. The molecule has 0 aliphatic heterocycles. The number of tetrazole rings is 1. The van der Waals surface area contributed by atoms with Crippen molar-refractivity contribution >= 4 is 22.5 Å². The van der Waals surface area contributed by atoms with Gasteiger partial charge in [-0.05, 0) is 42.8 Å². The Kier molecular flexibility index (Phi) is 4.05. The van der Waals surface area contributed by atoms with E-state index in [-0.39, 0.29) is 11.6 Å². The summed E-state index contributed by atoms with van der Waals surface area (Å²) in [5.74, 6) is 0.292. The summed E-state index contributed by atoms with van der Waals surface area (Å²) in [6.45, 7) is 3.90. The van der Waals surface area contributed by atoms with Gasteiger partial charge in [-0.1, -0.05) is 41.9 Å². The third-order valence-electron chi connectivity index (χ3n) is 4.15. The second kappa shape index (κ2) is 6.38.